The summed E-state index contributed by atoms with van der Waals surface area (Å²) in [5.41, 5.74) is 0. The second-order valence-corrected chi connectivity index (χ2v) is 8.72. The molecule has 0 unspecified atom stereocenters. The summed E-state index contributed by atoms with van der Waals surface area (Å²) in [7, 11) is -0.849. The Balaban J connectivity index is 1.75. The van der Waals surface area contributed by atoms with Gasteiger partial charge in [0.05, 0.1) is 11.7 Å². The van der Waals surface area contributed by atoms with Crippen LogP contribution in [0.25, 0.3) is 0 Å². The maximum absolute atomic E-state index is 12.5. The third kappa shape index (κ3) is 6.54. The summed E-state index contributed by atoms with van der Waals surface area (Å²) in [5.74, 6) is 0.656. The minimum atomic E-state index is -0.849. The molecule has 0 aromatic rings. The molecule has 2 aliphatic rings. The van der Waals surface area contributed by atoms with Crippen molar-refractivity contribution in [2.24, 2.45) is 0 Å². The number of hydrogen-bond acceptors (Lipinski definition) is 4. The fourth-order valence-corrected chi connectivity index (χ4v) is 5.43. The van der Waals surface area contributed by atoms with Crippen LogP contribution < -0.4 is 0 Å². The monoisotopic (exact) mass is 343 g/mol. The number of unbranched alkanes of at least 4 members (excludes halogenated alkanes) is 1. The first kappa shape index (κ1) is 18.9. The summed E-state index contributed by atoms with van der Waals surface area (Å²) in [4.78, 5) is 14.6. The van der Waals surface area contributed by atoms with Gasteiger partial charge in [-0.3, -0.25) is 9.00 Å². The molecule has 5 heteroatoms. The number of rotatable bonds is 8. The van der Waals surface area contributed by atoms with E-state index < -0.39 is 10.8 Å². The molecular formula is C18H33NO3S. The fraction of sp³-hybridized carbons (Fsp3) is 0.944. The highest BCUT2D eigenvalue weighted by Gasteiger charge is 2.32. The van der Waals surface area contributed by atoms with Gasteiger partial charge in [0.15, 0.2) is 0 Å². The first-order chi connectivity index (χ1) is 11.2. The van der Waals surface area contributed by atoms with Gasteiger partial charge >= 0.3 is 5.97 Å². The molecule has 0 spiro atoms. The molecule has 0 amide bonds. The van der Waals surface area contributed by atoms with E-state index in [9.17, 15) is 9.00 Å². The first-order valence-electron chi connectivity index (χ1n) is 9.49. The van der Waals surface area contributed by atoms with Crippen molar-refractivity contribution in [1.29, 1.82) is 0 Å². The van der Waals surface area contributed by atoms with Gasteiger partial charge in [0, 0.05) is 23.1 Å². The zero-order valence-electron chi connectivity index (χ0n) is 14.6. The second kappa shape index (κ2) is 10.4. The molecule has 4 nitrogen and oxygen atoms in total. The van der Waals surface area contributed by atoms with Gasteiger partial charge in [0.2, 0.25) is 0 Å². The van der Waals surface area contributed by atoms with E-state index in [2.05, 4.69) is 11.8 Å². The van der Waals surface area contributed by atoms with Crippen LogP contribution in [0.4, 0.5) is 0 Å². The zero-order valence-corrected chi connectivity index (χ0v) is 15.5. The lowest BCUT2D eigenvalue weighted by molar-refractivity contribution is -0.150. The van der Waals surface area contributed by atoms with Crippen LogP contribution in [0.3, 0.4) is 0 Å². The molecule has 2 fully saturated rings. The van der Waals surface area contributed by atoms with Crippen molar-refractivity contribution in [1.82, 2.24) is 4.90 Å². The standard InChI is InChI=1S/C18H33NO3S/c1-2-3-15-23(21)17-10-6-5-9-16(17)22-18(20)11-14-19-12-7-4-8-13-19/h16-17H,2-15H2,1H3/t16-,17-,23-/m0/s1. The Morgan fingerprint density at radius 2 is 1.87 bits per heavy atom. The highest BCUT2D eigenvalue weighted by molar-refractivity contribution is 7.85. The second-order valence-electron chi connectivity index (χ2n) is 6.94. The van der Waals surface area contributed by atoms with Crippen LogP contribution in [0, 0.1) is 0 Å². The molecule has 1 aliphatic carbocycles. The summed E-state index contributed by atoms with van der Waals surface area (Å²) in [6, 6.07) is 0. The smallest absolute Gasteiger partial charge is 0.307 e. The van der Waals surface area contributed by atoms with Gasteiger partial charge in [-0.05, 0) is 51.6 Å². The SMILES string of the molecule is CCCC[S@](=O)[C@H]1CCCC[C@@H]1OC(=O)CCN1CCCCC1. The molecule has 0 radical (unpaired) electrons. The molecule has 0 aromatic heterocycles. The van der Waals surface area contributed by atoms with Crippen LogP contribution in [0.15, 0.2) is 0 Å². The molecule has 1 aliphatic heterocycles. The Morgan fingerprint density at radius 1 is 1.13 bits per heavy atom. The molecule has 1 saturated heterocycles. The van der Waals surface area contributed by atoms with Gasteiger partial charge in [-0.2, -0.15) is 0 Å². The van der Waals surface area contributed by atoms with Crippen molar-refractivity contribution >= 4 is 16.8 Å². The highest BCUT2D eigenvalue weighted by atomic mass is 32.2. The molecule has 0 N–H and O–H groups in total. The summed E-state index contributed by atoms with van der Waals surface area (Å²) in [5, 5.41) is 0.0641. The molecule has 1 saturated carbocycles. The van der Waals surface area contributed by atoms with Crippen molar-refractivity contribution in [2.45, 2.75) is 82.5 Å². The van der Waals surface area contributed by atoms with Crippen LogP contribution in [0.2, 0.25) is 0 Å². The predicted octanol–water partition coefficient (Wildman–Crippen LogP) is 3.27. The molecule has 3 atom stereocenters. The van der Waals surface area contributed by atoms with Gasteiger partial charge in [0.1, 0.15) is 6.10 Å². The number of carbonyl (C=O) groups is 1. The number of likely N-dealkylation sites (tertiary alicyclic amines) is 1. The fourth-order valence-electron chi connectivity index (χ4n) is 3.60. The Hall–Kier alpha value is -0.420. The minimum absolute atomic E-state index is 0.0641. The Bertz CT molecular complexity index is 382. The lowest BCUT2D eigenvalue weighted by atomic mass is 9.97. The summed E-state index contributed by atoms with van der Waals surface area (Å²) in [6.45, 7) is 5.16. The Morgan fingerprint density at radius 3 is 2.61 bits per heavy atom. The Labute approximate surface area is 143 Å². The normalized spacial score (nSPS) is 27.5. The van der Waals surface area contributed by atoms with E-state index in [0.29, 0.717) is 6.42 Å². The molecule has 1 heterocycles. The summed E-state index contributed by atoms with van der Waals surface area (Å²) >= 11 is 0. The maximum Gasteiger partial charge on any atom is 0.307 e. The van der Waals surface area contributed by atoms with Gasteiger partial charge < -0.3 is 9.64 Å². The van der Waals surface area contributed by atoms with Crippen molar-refractivity contribution in [3.63, 3.8) is 0 Å². The largest absolute Gasteiger partial charge is 0.461 e. The van der Waals surface area contributed by atoms with E-state index in [0.717, 1.165) is 63.9 Å². The lowest BCUT2D eigenvalue weighted by Gasteiger charge is -2.31. The van der Waals surface area contributed by atoms with E-state index >= 15 is 0 Å². The average Bonchev–Trinajstić information content (AvgIpc) is 2.59. The van der Waals surface area contributed by atoms with E-state index in [1.807, 2.05) is 0 Å². The van der Waals surface area contributed by atoms with E-state index in [1.165, 1.54) is 19.3 Å². The average molecular weight is 344 g/mol. The van der Waals surface area contributed by atoms with Crippen molar-refractivity contribution in [3.05, 3.63) is 0 Å². The number of ether oxygens (including phenoxy) is 1. The van der Waals surface area contributed by atoms with E-state index in [4.69, 9.17) is 4.74 Å². The molecule has 0 bridgehead atoms. The van der Waals surface area contributed by atoms with E-state index in [-0.39, 0.29) is 17.3 Å². The molecule has 2 rings (SSSR count). The van der Waals surface area contributed by atoms with Crippen molar-refractivity contribution in [3.8, 4) is 0 Å². The van der Waals surface area contributed by atoms with Crippen LogP contribution in [0.1, 0.15) is 71.1 Å². The zero-order chi connectivity index (χ0) is 16.5. The van der Waals surface area contributed by atoms with Crippen molar-refractivity contribution in [2.75, 3.05) is 25.4 Å². The van der Waals surface area contributed by atoms with Crippen LogP contribution in [-0.4, -0.2) is 51.8 Å². The lowest BCUT2D eigenvalue weighted by Crippen LogP contribution is -2.39. The van der Waals surface area contributed by atoms with E-state index in [1.54, 1.807) is 0 Å². The quantitative estimate of drug-likeness (QED) is 0.635. The number of hydrogen-bond donors (Lipinski definition) is 0. The van der Waals surface area contributed by atoms with Gasteiger partial charge in [-0.25, -0.2) is 0 Å². The highest BCUT2D eigenvalue weighted by Crippen LogP contribution is 2.26. The van der Waals surface area contributed by atoms with Crippen LogP contribution in [-0.2, 0) is 20.3 Å². The third-order valence-corrected chi connectivity index (χ3v) is 6.95. The minimum Gasteiger partial charge on any atom is -0.461 e. The Kier molecular flexibility index (Phi) is 8.59. The third-order valence-electron chi connectivity index (χ3n) is 5.04. The van der Waals surface area contributed by atoms with Crippen LogP contribution >= 0.6 is 0 Å². The maximum atomic E-state index is 12.5. The number of nitrogens with zero attached hydrogens (tertiary/aromatic N) is 1. The molecule has 0 aromatic carbocycles. The van der Waals surface area contributed by atoms with Gasteiger partial charge in [-0.15, -0.1) is 0 Å². The molecule has 23 heavy (non-hydrogen) atoms. The predicted molar refractivity (Wildman–Crippen MR) is 95.0 cm³/mol. The van der Waals surface area contributed by atoms with Gasteiger partial charge in [-0.1, -0.05) is 26.2 Å². The van der Waals surface area contributed by atoms with Crippen LogP contribution in [0.5, 0.6) is 0 Å². The van der Waals surface area contributed by atoms with Gasteiger partial charge in [0.25, 0.3) is 0 Å². The molecular weight excluding hydrogens is 310 g/mol. The molecule has 134 valence electrons. The summed E-state index contributed by atoms with van der Waals surface area (Å²) in [6.07, 6.45) is 10.3. The first-order valence-corrected chi connectivity index (χ1v) is 10.9. The topological polar surface area (TPSA) is 46.6 Å². The summed E-state index contributed by atoms with van der Waals surface area (Å²) < 4.78 is 18.2. The van der Waals surface area contributed by atoms with Crippen molar-refractivity contribution < 1.29 is 13.7 Å². The number of esters is 1. The number of piperidine rings is 1. The number of carbonyl (C=O) groups excluding carboxylic acids is 1.